The Morgan fingerprint density at radius 1 is 1.28 bits per heavy atom. The molecule has 14 heteroatoms. The number of aryl methyl sites for hydroxylation is 2. The first-order valence-corrected chi connectivity index (χ1v) is 10.1. The van der Waals surface area contributed by atoms with Crippen LogP contribution < -0.4 is 9.47 Å². The zero-order valence-electron chi connectivity index (χ0n) is 17.5. The molecule has 2 aromatic heterocycles. The summed E-state index contributed by atoms with van der Waals surface area (Å²) in [7, 11) is 1.34. The Kier molecular flexibility index (Phi) is 7.02. The Morgan fingerprint density at radius 2 is 2.03 bits per heavy atom. The van der Waals surface area contributed by atoms with Crippen LogP contribution >= 0.6 is 11.8 Å². The third-order valence-electron chi connectivity index (χ3n) is 4.34. The Labute approximate surface area is 185 Å². The fourth-order valence-corrected chi connectivity index (χ4v) is 3.73. The summed E-state index contributed by atoms with van der Waals surface area (Å²) in [5.41, 5.74) is 1.32. The SMILES string of the molecule is COc1cc(/C=N/n2c(C)nnc2SCn2nc(C)c([N+](=O)[O-])c2C)ccc1OC(F)F. The lowest BCUT2D eigenvalue weighted by molar-refractivity contribution is -0.386. The highest BCUT2D eigenvalue weighted by molar-refractivity contribution is 7.98. The van der Waals surface area contributed by atoms with Crippen molar-refractivity contribution in [3.63, 3.8) is 0 Å². The fraction of sp³-hybridized carbons (Fsp3) is 0.333. The number of nitrogens with zero attached hydrogens (tertiary/aromatic N) is 7. The molecule has 0 aliphatic rings. The highest BCUT2D eigenvalue weighted by Crippen LogP contribution is 2.29. The lowest BCUT2D eigenvalue weighted by Gasteiger charge is -2.10. The quantitative estimate of drug-likeness (QED) is 0.203. The predicted octanol–water partition coefficient (Wildman–Crippen LogP) is 3.55. The van der Waals surface area contributed by atoms with Crippen LogP contribution in [0.25, 0.3) is 0 Å². The van der Waals surface area contributed by atoms with Gasteiger partial charge in [0.05, 0.1) is 24.1 Å². The minimum Gasteiger partial charge on any atom is -0.493 e. The smallest absolute Gasteiger partial charge is 0.387 e. The van der Waals surface area contributed by atoms with E-state index in [4.69, 9.17) is 4.74 Å². The lowest BCUT2D eigenvalue weighted by Crippen LogP contribution is -2.04. The third kappa shape index (κ3) is 5.01. The second-order valence-corrected chi connectivity index (χ2v) is 7.34. The standard InChI is InChI=1S/C18H19F2N7O4S/c1-10-16(27(28)29)11(2)25(24-10)9-32-18-23-22-12(3)26(18)21-8-13-5-6-14(31-17(19)20)15(7-13)30-4/h5-8,17H,9H2,1-4H3/b21-8+. The van der Waals surface area contributed by atoms with Gasteiger partial charge in [-0.1, -0.05) is 11.8 Å². The van der Waals surface area contributed by atoms with Crippen molar-refractivity contribution in [2.75, 3.05) is 7.11 Å². The molecule has 3 rings (SSSR count). The number of thioether (sulfide) groups is 1. The average molecular weight is 467 g/mol. The number of nitro groups is 1. The molecule has 0 atom stereocenters. The molecule has 2 heterocycles. The molecule has 0 saturated heterocycles. The van der Waals surface area contributed by atoms with Gasteiger partial charge in [-0.05, 0) is 44.5 Å². The Morgan fingerprint density at radius 3 is 2.66 bits per heavy atom. The van der Waals surface area contributed by atoms with E-state index in [-0.39, 0.29) is 23.1 Å². The average Bonchev–Trinajstić information content (AvgIpc) is 3.23. The number of hydrogen-bond donors (Lipinski definition) is 0. The van der Waals surface area contributed by atoms with Crippen molar-refractivity contribution < 1.29 is 23.2 Å². The summed E-state index contributed by atoms with van der Waals surface area (Å²) in [4.78, 5) is 10.7. The van der Waals surface area contributed by atoms with Gasteiger partial charge in [-0.15, -0.1) is 10.2 Å². The zero-order chi connectivity index (χ0) is 23.4. The number of alkyl halides is 2. The van der Waals surface area contributed by atoms with Crippen LogP contribution in [0.4, 0.5) is 14.5 Å². The summed E-state index contributed by atoms with van der Waals surface area (Å²) in [6, 6.07) is 4.41. The van der Waals surface area contributed by atoms with Gasteiger partial charge in [0, 0.05) is 0 Å². The zero-order valence-corrected chi connectivity index (χ0v) is 18.3. The summed E-state index contributed by atoms with van der Waals surface area (Å²) in [6.45, 7) is 1.95. The van der Waals surface area contributed by atoms with Crippen LogP contribution in [0.1, 0.15) is 22.8 Å². The minimum atomic E-state index is -2.97. The summed E-state index contributed by atoms with van der Waals surface area (Å²) in [5, 5.41) is 28.3. The van der Waals surface area contributed by atoms with Crippen LogP contribution in [0, 0.1) is 30.9 Å². The van der Waals surface area contributed by atoms with Crippen molar-refractivity contribution in [3.05, 3.63) is 51.1 Å². The van der Waals surface area contributed by atoms with Crippen LogP contribution in [-0.4, -0.2) is 49.5 Å². The first kappa shape index (κ1) is 23.1. The summed E-state index contributed by atoms with van der Waals surface area (Å²) in [5.74, 6) is 0.820. The van der Waals surface area contributed by atoms with Crippen LogP contribution in [0.5, 0.6) is 11.5 Å². The first-order chi connectivity index (χ1) is 15.2. The number of ether oxygens (including phenoxy) is 2. The Hall–Kier alpha value is -3.55. The van der Waals surface area contributed by atoms with Crippen molar-refractivity contribution in [2.24, 2.45) is 5.10 Å². The molecule has 0 aliphatic heterocycles. The lowest BCUT2D eigenvalue weighted by atomic mass is 10.2. The van der Waals surface area contributed by atoms with Gasteiger partial charge in [-0.25, -0.2) is 0 Å². The number of rotatable bonds is 9. The molecule has 0 spiro atoms. The van der Waals surface area contributed by atoms with E-state index in [0.717, 1.165) is 0 Å². The third-order valence-corrected chi connectivity index (χ3v) is 5.22. The fourth-order valence-electron chi connectivity index (χ4n) is 2.84. The van der Waals surface area contributed by atoms with E-state index in [2.05, 4.69) is 25.1 Å². The molecule has 0 N–H and O–H groups in total. The molecule has 32 heavy (non-hydrogen) atoms. The maximum Gasteiger partial charge on any atom is 0.387 e. The van der Waals surface area contributed by atoms with E-state index in [1.54, 1.807) is 26.8 Å². The molecule has 0 radical (unpaired) electrons. The van der Waals surface area contributed by atoms with E-state index in [1.165, 1.54) is 46.6 Å². The number of methoxy groups -OCH3 is 1. The van der Waals surface area contributed by atoms with Crippen LogP contribution in [0.2, 0.25) is 0 Å². The van der Waals surface area contributed by atoms with Crippen molar-refractivity contribution in [1.82, 2.24) is 24.7 Å². The van der Waals surface area contributed by atoms with Gasteiger partial charge in [0.15, 0.2) is 17.3 Å². The van der Waals surface area contributed by atoms with Gasteiger partial charge in [-0.3, -0.25) is 14.8 Å². The molecule has 0 aliphatic carbocycles. The number of aromatic nitrogens is 5. The maximum absolute atomic E-state index is 12.5. The second-order valence-electron chi connectivity index (χ2n) is 6.42. The molecule has 0 unspecified atom stereocenters. The van der Waals surface area contributed by atoms with Gasteiger partial charge >= 0.3 is 12.3 Å². The monoisotopic (exact) mass is 467 g/mol. The first-order valence-electron chi connectivity index (χ1n) is 9.11. The largest absolute Gasteiger partial charge is 0.493 e. The Bertz CT molecular complexity index is 1160. The molecule has 170 valence electrons. The van der Waals surface area contributed by atoms with Gasteiger partial charge in [0.2, 0.25) is 5.16 Å². The maximum atomic E-state index is 12.5. The number of hydrogen-bond acceptors (Lipinski definition) is 9. The number of halogens is 2. The molecule has 11 nitrogen and oxygen atoms in total. The van der Waals surface area contributed by atoms with Crippen LogP contribution in [0.3, 0.4) is 0 Å². The summed E-state index contributed by atoms with van der Waals surface area (Å²) in [6.07, 6.45) is 1.49. The van der Waals surface area contributed by atoms with Crippen molar-refractivity contribution in [3.8, 4) is 11.5 Å². The van der Waals surface area contributed by atoms with E-state index in [0.29, 0.717) is 27.9 Å². The molecule has 0 bridgehead atoms. The van der Waals surface area contributed by atoms with Gasteiger partial charge < -0.3 is 9.47 Å². The highest BCUT2D eigenvalue weighted by Gasteiger charge is 2.22. The molecule has 1 aromatic carbocycles. The van der Waals surface area contributed by atoms with E-state index >= 15 is 0 Å². The Balaban J connectivity index is 1.79. The number of benzene rings is 1. The van der Waals surface area contributed by atoms with Crippen molar-refractivity contribution in [1.29, 1.82) is 0 Å². The van der Waals surface area contributed by atoms with Crippen LogP contribution in [-0.2, 0) is 5.88 Å². The van der Waals surface area contributed by atoms with E-state index in [1.807, 2.05) is 0 Å². The summed E-state index contributed by atoms with van der Waals surface area (Å²) < 4.78 is 37.5. The second kappa shape index (κ2) is 9.72. The van der Waals surface area contributed by atoms with Gasteiger partial charge in [0.25, 0.3) is 0 Å². The van der Waals surface area contributed by atoms with E-state index in [9.17, 15) is 18.9 Å². The molecular weight excluding hydrogens is 448 g/mol. The molecular formula is C18H19F2N7O4S. The van der Waals surface area contributed by atoms with Gasteiger partial charge in [0.1, 0.15) is 11.4 Å². The molecule has 0 amide bonds. The molecule has 0 fully saturated rings. The minimum absolute atomic E-state index is 0.0190. The summed E-state index contributed by atoms with van der Waals surface area (Å²) >= 11 is 1.25. The van der Waals surface area contributed by atoms with Crippen LogP contribution in [0.15, 0.2) is 28.5 Å². The molecule has 3 aromatic rings. The predicted molar refractivity (Wildman–Crippen MR) is 112 cm³/mol. The van der Waals surface area contributed by atoms with Gasteiger partial charge in [-0.2, -0.15) is 23.7 Å². The van der Waals surface area contributed by atoms with Crippen molar-refractivity contribution >= 4 is 23.7 Å². The topological polar surface area (TPSA) is 122 Å². The van der Waals surface area contributed by atoms with Crippen molar-refractivity contribution in [2.45, 2.75) is 38.4 Å². The molecule has 0 saturated carbocycles. The highest BCUT2D eigenvalue weighted by atomic mass is 32.2. The van der Waals surface area contributed by atoms with E-state index < -0.39 is 11.5 Å². The normalized spacial score (nSPS) is 11.5.